The summed E-state index contributed by atoms with van der Waals surface area (Å²) in [5.41, 5.74) is 0.486. The Morgan fingerprint density at radius 1 is 1.08 bits per heavy atom. The molecular formula is C17H24FN4O3+. The van der Waals surface area contributed by atoms with Crippen LogP contribution < -0.4 is 20.9 Å². The molecule has 1 aliphatic rings. The number of halogens is 1. The van der Waals surface area contributed by atoms with Crippen LogP contribution >= 0.6 is 0 Å². The van der Waals surface area contributed by atoms with E-state index in [9.17, 15) is 18.8 Å². The molecule has 1 atom stereocenters. The third kappa shape index (κ3) is 6.88. The van der Waals surface area contributed by atoms with E-state index in [1.54, 1.807) is 7.05 Å². The molecule has 1 fully saturated rings. The van der Waals surface area contributed by atoms with Crippen molar-refractivity contribution in [3.05, 3.63) is 30.1 Å². The summed E-state index contributed by atoms with van der Waals surface area (Å²) in [6, 6.07) is 5.08. The minimum atomic E-state index is -0.486. The number of carbonyl (C=O) groups excluding carboxylic acids is 3. The molecule has 0 bridgehead atoms. The molecule has 1 aromatic carbocycles. The van der Waals surface area contributed by atoms with Gasteiger partial charge in [0.15, 0.2) is 13.1 Å². The third-order valence-corrected chi connectivity index (χ3v) is 4.00. The largest absolute Gasteiger partial charge is 0.335 e. The van der Waals surface area contributed by atoms with E-state index in [-0.39, 0.29) is 30.9 Å². The first-order valence-electron chi connectivity index (χ1n) is 8.39. The summed E-state index contributed by atoms with van der Waals surface area (Å²) < 4.78 is 12.8. The fraction of sp³-hybridized carbons (Fsp3) is 0.471. The number of imide groups is 1. The van der Waals surface area contributed by atoms with Crippen LogP contribution in [0.3, 0.4) is 0 Å². The smallest absolute Gasteiger partial charge is 0.321 e. The van der Waals surface area contributed by atoms with Crippen molar-refractivity contribution in [2.75, 3.05) is 25.5 Å². The molecule has 0 spiro atoms. The lowest BCUT2D eigenvalue weighted by Crippen LogP contribution is -3.11. The Morgan fingerprint density at radius 3 is 2.32 bits per heavy atom. The van der Waals surface area contributed by atoms with E-state index < -0.39 is 11.9 Å². The van der Waals surface area contributed by atoms with Gasteiger partial charge in [0.1, 0.15) is 5.82 Å². The fourth-order valence-corrected chi connectivity index (χ4v) is 2.81. The average Bonchev–Trinajstić information content (AvgIpc) is 3.01. The number of amides is 4. The van der Waals surface area contributed by atoms with Gasteiger partial charge in [-0.25, -0.2) is 9.18 Å². The first-order valence-corrected chi connectivity index (χ1v) is 8.39. The van der Waals surface area contributed by atoms with Gasteiger partial charge in [-0.3, -0.25) is 14.9 Å². The summed E-state index contributed by atoms with van der Waals surface area (Å²) in [6.45, 7) is 0.0456. The highest BCUT2D eigenvalue weighted by molar-refractivity contribution is 5.95. The molecule has 2 rings (SSSR count). The van der Waals surface area contributed by atoms with Crippen molar-refractivity contribution in [2.45, 2.75) is 31.7 Å². The van der Waals surface area contributed by atoms with Gasteiger partial charge in [-0.1, -0.05) is 12.8 Å². The number of nitrogens with one attached hydrogen (secondary N) is 4. The number of benzene rings is 1. The lowest BCUT2D eigenvalue weighted by Gasteiger charge is -2.15. The van der Waals surface area contributed by atoms with E-state index in [2.05, 4.69) is 16.0 Å². The van der Waals surface area contributed by atoms with Crippen LogP contribution in [0.25, 0.3) is 0 Å². The molecule has 0 radical (unpaired) electrons. The molecule has 1 aliphatic carbocycles. The van der Waals surface area contributed by atoms with Crippen LogP contribution in [0.4, 0.5) is 14.9 Å². The van der Waals surface area contributed by atoms with Crippen LogP contribution in [0, 0.1) is 5.82 Å². The topological polar surface area (TPSA) is 91.7 Å². The molecule has 0 aliphatic heterocycles. The van der Waals surface area contributed by atoms with Gasteiger partial charge in [0.05, 0.1) is 7.05 Å². The van der Waals surface area contributed by atoms with Crippen molar-refractivity contribution in [1.29, 1.82) is 0 Å². The van der Waals surface area contributed by atoms with Gasteiger partial charge in [-0.05, 0) is 37.1 Å². The second kappa shape index (κ2) is 9.12. The zero-order valence-electron chi connectivity index (χ0n) is 14.2. The number of urea groups is 1. The quantitative estimate of drug-likeness (QED) is 0.584. The van der Waals surface area contributed by atoms with Crippen molar-refractivity contribution in [1.82, 2.24) is 10.6 Å². The maximum atomic E-state index is 12.8. The first kappa shape index (κ1) is 18.9. The van der Waals surface area contributed by atoms with Crippen LogP contribution in [0.15, 0.2) is 24.3 Å². The molecule has 25 heavy (non-hydrogen) atoms. The van der Waals surface area contributed by atoms with Crippen LogP contribution in [0.1, 0.15) is 25.7 Å². The molecule has 1 saturated carbocycles. The maximum Gasteiger partial charge on any atom is 0.321 e. The monoisotopic (exact) mass is 351 g/mol. The lowest BCUT2D eigenvalue weighted by atomic mass is 10.2. The van der Waals surface area contributed by atoms with E-state index >= 15 is 0 Å². The van der Waals surface area contributed by atoms with Crippen molar-refractivity contribution < 1.29 is 23.7 Å². The van der Waals surface area contributed by atoms with E-state index in [1.165, 1.54) is 24.3 Å². The number of hydrogen-bond donors (Lipinski definition) is 4. The van der Waals surface area contributed by atoms with Gasteiger partial charge in [0.2, 0.25) is 0 Å². The second-order valence-corrected chi connectivity index (χ2v) is 6.37. The number of anilines is 1. The number of hydrogen-bond acceptors (Lipinski definition) is 3. The van der Waals surface area contributed by atoms with Crippen LogP contribution in [-0.2, 0) is 9.59 Å². The minimum absolute atomic E-state index is 0.00504. The average molecular weight is 351 g/mol. The number of carbonyl (C=O) groups is 3. The molecule has 7 nitrogen and oxygen atoms in total. The zero-order valence-corrected chi connectivity index (χ0v) is 14.2. The van der Waals surface area contributed by atoms with Gasteiger partial charge in [-0.2, -0.15) is 0 Å². The standard InChI is InChI=1S/C17H23FN4O3/c1-22(10-15(23)19-14-8-6-12(18)7-9-14)11-16(24)21-17(25)20-13-4-2-3-5-13/h6-9,13H,2-5,10-11H2,1H3,(H,19,23)(H2,20,21,24,25)/p+1. The van der Waals surface area contributed by atoms with Gasteiger partial charge >= 0.3 is 6.03 Å². The van der Waals surface area contributed by atoms with Gasteiger partial charge in [-0.15, -0.1) is 0 Å². The SMILES string of the molecule is C[NH+](CC(=O)NC(=O)NC1CCCC1)CC(=O)Nc1ccc(F)cc1. The van der Waals surface area contributed by atoms with Gasteiger partial charge in [0, 0.05) is 11.7 Å². The molecule has 0 saturated heterocycles. The van der Waals surface area contributed by atoms with Crippen molar-refractivity contribution in [3.8, 4) is 0 Å². The lowest BCUT2D eigenvalue weighted by molar-refractivity contribution is -0.862. The molecular weight excluding hydrogens is 327 g/mol. The third-order valence-electron chi connectivity index (χ3n) is 4.00. The normalized spacial score (nSPS) is 15.4. The Labute approximate surface area is 145 Å². The minimum Gasteiger partial charge on any atom is -0.335 e. The number of quaternary nitrogens is 1. The molecule has 4 N–H and O–H groups in total. The molecule has 1 unspecified atom stereocenters. The van der Waals surface area contributed by atoms with Crippen LogP contribution in [0.2, 0.25) is 0 Å². The van der Waals surface area contributed by atoms with Gasteiger partial charge < -0.3 is 15.5 Å². The summed E-state index contributed by atoms with van der Waals surface area (Å²) >= 11 is 0. The predicted octanol–water partition coefficient (Wildman–Crippen LogP) is 0.0473. The summed E-state index contributed by atoms with van der Waals surface area (Å²) in [5.74, 6) is -1.12. The van der Waals surface area contributed by atoms with E-state index in [1.807, 2.05) is 0 Å². The molecule has 1 aromatic rings. The van der Waals surface area contributed by atoms with Crippen molar-refractivity contribution in [3.63, 3.8) is 0 Å². The highest BCUT2D eigenvalue weighted by Gasteiger charge is 2.20. The van der Waals surface area contributed by atoms with Crippen LogP contribution in [0.5, 0.6) is 0 Å². The summed E-state index contributed by atoms with van der Waals surface area (Å²) in [6.07, 6.45) is 4.07. The van der Waals surface area contributed by atoms with E-state index in [4.69, 9.17) is 0 Å². The van der Waals surface area contributed by atoms with Gasteiger partial charge in [0.25, 0.3) is 11.8 Å². The molecule has 136 valence electrons. The zero-order chi connectivity index (χ0) is 18.2. The molecule has 8 heteroatoms. The van der Waals surface area contributed by atoms with Crippen molar-refractivity contribution >= 4 is 23.5 Å². The summed E-state index contributed by atoms with van der Waals surface area (Å²) in [7, 11) is 1.68. The molecule has 0 aromatic heterocycles. The Morgan fingerprint density at radius 2 is 1.68 bits per heavy atom. The summed E-state index contributed by atoms with van der Waals surface area (Å²) in [4.78, 5) is 36.1. The highest BCUT2D eigenvalue weighted by atomic mass is 19.1. The van der Waals surface area contributed by atoms with Crippen LogP contribution in [-0.4, -0.2) is 44.0 Å². The number of likely N-dealkylation sites (N-methyl/N-ethyl adjacent to an activating group) is 1. The Balaban J connectivity index is 1.68. The van der Waals surface area contributed by atoms with E-state index in [0.717, 1.165) is 25.7 Å². The second-order valence-electron chi connectivity index (χ2n) is 6.37. The Bertz CT molecular complexity index is 615. The Hall–Kier alpha value is -2.48. The first-order chi connectivity index (χ1) is 11.9. The summed E-state index contributed by atoms with van der Waals surface area (Å²) in [5, 5.41) is 7.68. The number of rotatable bonds is 6. The fourth-order valence-electron chi connectivity index (χ4n) is 2.81. The highest BCUT2D eigenvalue weighted by Crippen LogP contribution is 2.17. The molecule has 4 amide bonds. The Kier molecular flexibility index (Phi) is 6.88. The predicted molar refractivity (Wildman–Crippen MR) is 90.6 cm³/mol. The maximum absolute atomic E-state index is 12.8. The van der Waals surface area contributed by atoms with Crippen molar-refractivity contribution in [2.24, 2.45) is 0 Å². The molecule has 0 heterocycles. The van der Waals surface area contributed by atoms with E-state index in [0.29, 0.717) is 10.6 Å².